The molecule has 0 atom stereocenters. The van der Waals surface area contributed by atoms with Crippen molar-refractivity contribution in [1.82, 2.24) is 14.7 Å². The zero-order chi connectivity index (χ0) is 23.1. The molecule has 3 rings (SSSR count). The van der Waals surface area contributed by atoms with Crippen molar-refractivity contribution in [3.05, 3.63) is 65.0 Å². The van der Waals surface area contributed by atoms with E-state index >= 15 is 0 Å². The van der Waals surface area contributed by atoms with Gasteiger partial charge >= 0.3 is 0 Å². The number of benzene rings is 2. The lowest BCUT2D eigenvalue weighted by Gasteiger charge is -2.24. The summed E-state index contributed by atoms with van der Waals surface area (Å²) in [6, 6.07) is 11.7. The van der Waals surface area contributed by atoms with Crippen LogP contribution in [0.25, 0.3) is 0 Å². The van der Waals surface area contributed by atoms with Crippen LogP contribution in [-0.4, -0.2) is 79.4 Å². The van der Waals surface area contributed by atoms with Crippen molar-refractivity contribution in [3.8, 4) is 5.75 Å². The molecule has 0 N–H and O–H groups in total. The third-order valence-electron chi connectivity index (χ3n) is 5.64. The van der Waals surface area contributed by atoms with Crippen LogP contribution in [0.2, 0.25) is 0 Å². The number of hydrogen-bond acceptors (Lipinski definition) is 4. The molecule has 2 amide bonds. The number of halogens is 1. The molecule has 6 nitrogen and oxygen atoms in total. The lowest BCUT2D eigenvalue weighted by molar-refractivity contribution is -0.131. The number of nitrogens with zero attached hydrogens (tertiary/aromatic N) is 3. The first-order valence-electron chi connectivity index (χ1n) is 11.0. The Morgan fingerprint density at radius 2 is 1.69 bits per heavy atom. The van der Waals surface area contributed by atoms with E-state index in [2.05, 4.69) is 11.0 Å². The fourth-order valence-electron chi connectivity index (χ4n) is 3.86. The van der Waals surface area contributed by atoms with Crippen LogP contribution in [0.3, 0.4) is 0 Å². The molecule has 172 valence electrons. The van der Waals surface area contributed by atoms with Gasteiger partial charge in [-0.25, -0.2) is 4.39 Å². The maximum Gasteiger partial charge on any atom is 0.253 e. The summed E-state index contributed by atoms with van der Waals surface area (Å²) in [5, 5.41) is 0. The second-order valence-electron chi connectivity index (χ2n) is 8.42. The standard InChI is InChI=1S/C25H32FN3O3/c1-19-15-20(2)17-23(16-19)32-14-13-27(3)24(30)18-28-9-4-10-29(12-11-28)25(31)21-5-7-22(26)8-6-21/h5-8,15-17H,4,9-14,18H2,1-3H3. The number of aryl methyl sites for hydroxylation is 2. The van der Waals surface area contributed by atoms with E-state index in [0.29, 0.717) is 44.9 Å². The molecule has 1 aliphatic heterocycles. The van der Waals surface area contributed by atoms with Gasteiger partial charge in [-0.05, 0) is 67.8 Å². The average molecular weight is 442 g/mol. The van der Waals surface area contributed by atoms with Crippen LogP contribution in [0.4, 0.5) is 4.39 Å². The smallest absolute Gasteiger partial charge is 0.253 e. The Morgan fingerprint density at radius 3 is 2.38 bits per heavy atom. The van der Waals surface area contributed by atoms with Gasteiger partial charge in [0.05, 0.1) is 13.1 Å². The van der Waals surface area contributed by atoms with Crippen LogP contribution in [0, 0.1) is 19.7 Å². The summed E-state index contributed by atoms with van der Waals surface area (Å²) in [5.74, 6) is 0.401. The Kier molecular flexibility index (Phi) is 8.22. The first kappa shape index (κ1) is 23.7. The number of rotatable bonds is 7. The van der Waals surface area contributed by atoms with E-state index in [1.807, 2.05) is 26.0 Å². The van der Waals surface area contributed by atoms with Gasteiger partial charge in [-0.2, -0.15) is 0 Å². The number of likely N-dealkylation sites (N-methyl/N-ethyl adjacent to an activating group) is 1. The van der Waals surface area contributed by atoms with E-state index < -0.39 is 0 Å². The number of amides is 2. The lowest BCUT2D eigenvalue weighted by Crippen LogP contribution is -2.41. The van der Waals surface area contributed by atoms with Crippen molar-refractivity contribution in [2.75, 3.05) is 52.9 Å². The summed E-state index contributed by atoms with van der Waals surface area (Å²) in [6.45, 7) is 7.88. The average Bonchev–Trinajstić information content (AvgIpc) is 2.98. The van der Waals surface area contributed by atoms with Crippen LogP contribution >= 0.6 is 0 Å². The van der Waals surface area contributed by atoms with Gasteiger partial charge in [0.15, 0.2) is 0 Å². The molecule has 0 unspecified atom stereocenters. The summed E-state index contributed by atoms with van der Waals surface area (Å²) in [4.78, 5) is 30.9. The zero-order valence-electron chi connectivity index (χ0n) is 19.1. The van der Waals surface area contributed by atoms with Crippen molar-refractivity contribution in [3.63, 3.8) is 0 Å². The monoisotopic (exact) mass is 441 g/mol. The molecule has 1 fully saturated rings. The molecule has 1 saturated heterocycles. The Labute approximate surface area is 189 Å². The normalized spacial score (nSPS) is 14.7. The van der Waals surface area contributed by atoms with Gasteiger partial charge in [0.25, 0.3) is 5.91 Å². The molecule has 1 aliphatic rings. The maximum absolute atomic E-state index is 13.1. The van der Waals surface area contributed by atoms with Gasteiger partial charge in [0.1, 0.15) is 18.2 Å². The summed E-state index contributed by atoms with van der Waals surface area (Å²) in [5.41, 5.74) is 2.79. The topological polar surface area (TPSA) is 53.1 Å². The third kappa shape index (κ3) is 6.79. The Hall–Kier alpha value is -2.93. The minimum absolute atomic E-state index is 0.0346. The van der Waals surface area contributed by atoms with Gasteiger partial charge in [0.2, 0.25) is 5.91 Å². The van der Waals surface area contributed by atoms with E-state index in [0.717, 1.165) is 29.8 Å². The largest absolute Gasteiger partial charge is 0.492 e. The van der Waals surface area contributed by atoms with Crippen LogP contribution in [0.5, 0.6) is 5.75 Å². The molecule has 0 spiro atoms. The highest BCUT2D eigenvalue weighted by molar-refractivity contribution is 5.94. The third-order valence-corrected chi connectivity index (χ3v) is 5.64. The van der Waals surface area contributed by atoms with E-state index in [1.54, 1.807) is 16.8 Å². The molecule has 0 bridgehead atoms. The van der Waals surface area contributed by atoms with Gasteiger partial charge in [-0.15, -0.1) is 0 Å². The Bertz CT molecular complexity index is 912. The van der Waals surface area contributed by atoms with Crippen molar-refractivity contribution >= 4 is 11.8 Å². The molecule has 0 radical (unpaired) electrons. The summed E-state index contributed by atoms with van der Waals surface area (Å²) < 4.78 is 18.9. The van der Waals surface area contributed by atoms with Crippen molar-refractivity contribution < 1.29 is 18.7 Å². The van der Waals surface area contributed by atoms with E-state index in [1.165, 1.54) is 24.3 Å². The lowest BCUT2D eigenvalue weighted by atomic mass is 10.1. The molecular formula is C25H32FN3O3. The molecule has 2 aromatic rings. The highest BCUT2D eigenvalue weighted by atomic mass is 19.1. The zero-order valence-corrected chi connectivity index (χ0v) is 19.1. The van der Waals surface area contributed by atoms with Gasteiger partial charge in [-0.3, -0.25) is 14.5 Å². The fourth-order valence-corrected chi connectivity index (χ4v) is 3.86. The number of ether oxygens (including phenoxy) is 1. The van der Waals surface area contributed by atoms with E-state index in [-0.39, 0.29) is 17.6 Å². The summed E-state index contributed by atoms with van der Waals surface area (Å²) in [7, 11) is 1.79. The van der Waals surface area contributed by atoms with Crippen LogP contribution in [-0.2, 0) is 4.79 Å². The molecule has 2 aromatic carbocycles. The molecule has 0 saturated carbocycles. The van der Waals surface area contributed by atoms with Crippen LogP contribution < -0.4 is 4.74 Å². The molecule has 0 aliphatic carbocycles. The highest BCUT2D eigenvalue weighted by Crippen LogP contribution is 2.16. The second-order valence-corrected chi connectivity index (χ2v) is 8.42. The van der Waals surface area contributed by atoms with E-state index in [4.69, 9.17) is 4.74 Å². The quantitative estimate of drug-likeness (QED) is 0.663. The minimum Gasteiger partial charge on any atom is -0.492 e. The number of hydrogen-bond donors (Lipinski definition) is 0. The molecule has 32 heavy (non-hydrogen) atoms. The Morgan fingerprint density at radius 1 is 1.00 bits per heavy atom. The van der Waals surface area contributed by atoms with Gasteiger partial charge in [0, 0.05) is 38.8 Å². The number of carbonyl (C=O) groups is 2. The fraction of sp³-hybridized carbons (Fsp3) is 0.440. The van der Waals surface area contributed by atoms with Crippen LogP contribution in [0.1, 0.15) is 27.9 Å². The van der Waals surface area contributed by atoms with Crippen molar-refractivity contribution in [2.24, 2.45) is 0 Å². The first-order chi connectivity index (χ1) is 15.3. The first-order valence-corrected chi connectivity index (χ1v) is 11.0. The summed E-state index contributed by atoms with van der Waals surface area (Å²) >= 11 is 0. The van der Waals surface area contributed by atoms with Crippen molar-refractivity contribution in [2.45, 2.75) is 20.3 Å². The Balaban J connectivity index is 1.43. The highest BCUT2D eigenvalue weighted by Gasteiger charge is 2.22. The molecular weight excluding hydrogens is 409 g/mol. The summed E-state index contributed by atoms with van der Waals surface area (Å²) in [6.07, 6.45) is 0.791. The number of carbonyl (C=O) groups excluding carboxylic acids is 2. The predicted octanol–water partition coefficient (Wildman–Crippen LogP) is 3.13. The van der Waals surface area contributed by atoms with Crippen molar-refractivity contribution in [1.29, 1.82) is 0 Å². The van der Waals surface area contributed by atoms with Crippen LogP contribution in [0.15, 0.2) is 42.5 Å². The SMILES string of the molecule is Cc1cc(C)cc(OCCN(C)C(=O)CN2CCCN(C(=O)c3ccc(F)cc3)CC2)c1. The van der Waals surface area contributed by atoms with E-state index in [9.17, 15) is 14.0 Å². The molecule has 0 aromatic heterocycles. The molecule has 7 heteroatoms. The predicted molar refractivity (Wildman–Crippen MR) is 122 cm³/mol. The van der Waals surface area contributed by atoms with Gasteiger partial charge < -0.3 is 14.5 Å². The maximum atomic E-state index is 13.1. The van der Waals surface area contributed by atoms with Gasteiger partial charge in [-0.1, -0.05) is 6.07 Å². The second kappa shape index (κ2) is 11.1. The minimum atomic E-state index is -0.356. The molecule has 1 heterocycles.